The van der Waals surface area contributed by atoms with Gasteiger partial charge in [-0.3, -0.25) is 0 Å². The Bertz CT molecular complexity index is 107. The molecule has 0 atom stereocenters. The number of rotatable bonds is 10. The minimum absolute atomic E-state index is 0.664. The maximum atomic E-state index is 5.24. The Balaban J connectivity index is 2.79. The molecule has 0 aliphatic carbocycles. The van der Waals surface area contributed by atoms with E-state index in [0.717, 1.165) is 39.1 Å². The van der Waals surface area contributed by atoms with Gasteiger partial charge in [0.05, 0.1) is 13.2 Å². The predicted molar refractivity (Wildman–Crippen MR) is 55.0 cm³/mol. The highest BCUT2D eigenvalue weighted by atomic mass is 16.5. The van der Waals surface area contributed by atoms with Crippen molar-refractivity contribution in [3.8, 4) is 0 Å². The Hall–Kier alpha value is -0.380. The van der Waals surface area contributed by atoms with Gasteiger partial charge in [0.1, 0.15) is 0 Å². The van der Waals surface area contributed by atoms with E-state index in [2.05, 4.69) is 11.9 Å². The molecule has 0 aliphatic rings. The normalized spacial score (nSPS) is 10.2. The second kappa shape index (κ2) is 11.6. The summed E-state index contributed by atoms with van der Waals surface area (Å²) >= 11 is 0. The van der Waals surface area contributed by atoms with Crippen molar-refractivity contribution in [2.75, 3.05) is 40.0 Å². The third-order valence-corrected chi connectivity index (χ3v) is 1.61. The topological polar surface area (TPSA) is 30.5 Å². The van der Waals surface area contributed by atoms with Crippen molar-refractivity contribution in [3.63, 3.8) is 0 Å². The molecule has 0 saturated carbocycles. The molecule has 0 rings (SSSR count). The Morgan fingerprint density at radius 2 is 2.08 bits per heavy atom. The highest BCUT2D eigenvalue weighted by molar-refractivity contribution is 4.63. The molecule has 78 valence electrons. The van der Waals surface area contributed by atoms with E-state index in [0.29, 0.717) is 6.61 Å². The van der Waals surface area contributed by atoms with Crippen LogP contribution in [0, 0.1) is 0 Å². The van der Waals surface area contributed by atoms with Crippen LogP contribution in [-0.2, 0) is 9.47 Å². The van der Waals surface area contributed by atoms with Crippen molar-refractivity contribution in [1.82, 2.24) is 5.32 Å². The fourth-order valence-corrected chi connectivity index (χ4v) is 0.920. The summed E-state index contributed by atoms with van der Waals surface area (Å²) in [6.45, 7) is 7.83. The third-order valence-electron chi connectivity index (χ3n) is 1.61. The fourth-order valence-electron chi connectivity index (χ4n) is 0.920. The average Bonchev–Trinajstić information content (AvgIpc) is 2.16. The predicted octanol–water partition coefficient (Wildman–Crippen LogP) is 1.21. The van der Waals surface area contributed by atoms with Crippen molar-refractivity contribution >= 4 is 0 Å². The molecule has 0 saturated heterocycles. The van der Waals surface area contributed by atoms with Gasteiger partial charge in [-0.2, -0.15) is 0 Å². The van der Waals surface area contributed by atoms with E-state index in [1.165, 1.54) is 0 Å². The van der Waals surface area contributed by atoms with Gasteiger partial charge in [-0.05, 0) is 19.4 Å². The maximum Gasteiger partial charge on any atom is 0.0644 e. The van der Waals surface area contributed by atoms with E-state index in [4.69, 9.17) is 9.47 Å². The van der Waals surface area contributed by atoms with Gasteiger partial charge >= 0.3 is 0 Å². The van der Waals surface area contributed by atoms with E-state index in [1.807, 2.05) is 0 Å². The summed E-state index contributed by atoms with van der Waals surface area (Å²) in [5, 5.41) is 3.28. The number of ether oxygens (including phenoxy) is 2. The van der Waals surface area contributed by atoms with E-state index >= 15 is 0 Å². The van der Waals surface area contributed by atoms with Gasteiger partial charge in [-0.1, -0.05) is 6.08 Å². The quantitative estimate of drug-likeness (QED) is 0.412. The molecular weight excluding hydrogens is 166 g/mol. The monoisotopic (exact) mass is 187 g/mol. The molecule has 1 N–H and O–H groups in total. The first kappa shape index (κ1) is 12.6. The van der Waals surface area contributed by atoms with Crippen molar-refractivity contribution in [1.29, 1.82) is 0 Å². The van der Waals surface area contributed by atoms with Gasteiger partial charge in [0.2, 0.25) is 0 Å². The van der Waals surface area contributed by atoms with Gasteiger partial charge < -0.3 is 14.8 Å². The lowest BCUT2D eigenvalue weighted by Crippen LogP contribution is -2.20. The van der Waals surface area contributed by atoms with Gasteiger partial charge in [0.25, 0.3) is 0 Å². The van der Waals surface area contributed by atoms with Crippen molar-refractivity contribution in [2.45, 2.75) is 12.8 Å². The zero-order valence-corrected chi connectivity index (χ0v) is 8.55. The number of nitrogens with one attached hydrogen (secondary N) is 1. The minimum Gasteiger partial charge on any atom is -0.383 e. The zero-order valence-electron chi connectivity index (χ0n) is 8.55. The van der Waals surface area contributed by atoms with Crippen molar-refractivity contribution in [3.05, 3.63) is 12.7 Å². The number of hydrogen-bond donors (Lipinski definition) is 1. The number of methoxy groups -OCH3 is 1. The molecule has 0 radical (unpaired) electrons. The Morgan fingerprint density at radius 1 is 1.23 bits per heavy atom. The smallest absolute Gasteiger partial charge is 0.0644 e. The molecule has 0 aromatic carbocycles. The Kier molecular flexibility index (Phi) is 11.3. The number of unbranched alkanes of at least 4 members (excludes halogenated alkanes) is 1. The largest absolute Gasteiger partial charge is 0.383 e. The average molecular weight is 187 g/mol. The van der Waals surface area contributed by atoms with Gasteiger partial charge in [0.15, 0.2) is 0 Å². The van der Waals surface area contributed by atoms with Gasteiger partial charge in [-0.25, -0.2) is 0 Å². The molecular formula is C10H21NO2. The van der Waals surface area contributed by atoms with Crippen molar-refractivity contribution in [2.24, 2.45) is 0 Å². The summed E-state index contributed by atoms with van der Waals surface area (Å²) < 4.78 is 10.1. The third kappa shape index (κ3) is 11.6. The molecule has 0 spiro atoms. The number of hydrogen-bond acceptors (Lipinski definition) is 3. The van der Waals surface area contributed by atoms with Crippen LogP contribution in [0.4, 0.5) is 0 Å². The van der Waals surface area contributed by atoms with Crippen LogP contribution in [0.1, 0.15) is 12.8 Å². The van der Waals surface area contributed by atoms with Crippen LogP contribution in [0.3, 0.4) is 0 Å². The van der Waals surface area contributed by atoms with Crippen LogP contribution in [0.5, 0.6) is 0 Å². The summed E-state index contributed by atoms with van der Waals surface area (Å²) in [4.78, 5) is 0. The first-order chi connectivity index (χ1) is 6.41. The summed E-state index contributed by atoms with van der Waals surface area (Å²) in [5.41, 5.74) is 0. The first-order valence-corrected chi connectivity index (χ1v) is 4.80. The highest BCUT2D eigenvalue weighted by Gasteiger charge is 1.88. The van der Waals surface area contributed by atoms with Crippen LogP contribution in [0.25, 0.3) is 0 Å². The summed E-state index contributed by atoms with van der Waals surface area (Å²) in [6.07, 6.45) is 4.03. The maximum absolute atomic E-state index is 5.24. The van der Waals surface area contributed by atoms with Gasteiger partial charge in [0, 0.05) is 20.3 Å². The zero-order chi connectivity index (χ0) is 9.78. The van der Waals surface area contributed by atoms with E-state index in [-0.39, 0.29) is 0 Å². The SMILES string of the molecule is C=CCOCCCCNCCOC. The standard InChI is InChI=1S/C10H21NO2/c1-3-8-13-9-5-4-6-11-7-10-12-2/h3,11H,1,4-10H2,2H3. The van der Waals surface area contributed by atoms with Crippen LogP contribution < -0.4 is 5.32 Å². The second-order valence-electron chi connectivity index (χ2n) is 2.81. The van der Waals surface area contributed by atoms with E-state index in [9.17, 15) is 0 Å². The second-order valence-corrected chi connectivity index (χ2v) is 2.81. The molecule has 0 aromatic rings. The first-order valence-electron chi connectivity index (χ1n) is 4.80. The molecule has 0 amide bonds. The molecule has 3 heteroatoms. The Morgan fingerprint density at radius 3 is 2.77 bits per heavy atom. The lowest BCUT2D eigenvalue weighted by Gasteiger charge is -2.03. The van der Waals surface area contributed by atoms with E-state index < -0.39 is 0 Å². The highest BCUT2D eigenvalue weighted by Crippen LogP contribution is 1.88. The van der Waals surface area contributed by atoms with Gasteiger partial charge in [-0.15, -0.1) is 6.58 Å². The molecule has 3 nitrogen and oxygen atoms in total. The summed E-state index contributed by atoms with van der Waals surface area (Å²) in [7, 11) is 1.71. The lowest BCUT2D eigenvalue weighted by atomic mass is 10.3. The van der Waals surface area contributed by atoms with Crippen LogP contribution in [0.15, 0.2) is 12.7 Å². The summed E-state index contributed by atoms with van der Waals surface area (Å²) in [5.74, 6) is 0. The molecule has 13 heavy (non-hydrogen) atoms. The lowest BCUT2D eigenvalue weighted by molar-refractivity contribution is 0.157. The van der Waals surface area contributed by atoms with Crippen LogP contribution in [-0.4, -0.2) is 40.0 Å². The Labute approximate surface area is 81.1 Å². The minimum atomic E-state index is 0.664. The molecule has 0 bridgehead atoms. The molecule has 0 fully saturated rings. The molecule has 0 aliphatic heterocycles. The fraction of sp³-hybridized carbons (Fsp3) is 0.800. The molecule has 0 unspecified atom stereocenters. The van der Waals surface area contributed by atoms with Crippen molar-refractivity contribution < 1.29 is 9.47 Å². The van der Waals surface area contributed by atoms with E-state index in [1.54, 1.807) is 13.2 Å². The van der Waals surface area contributed by atoms with Crippen LogP contribution in [0.2, 0.25) is 0 Å². The molecule has 0 aromatic heterocycles. The molecule has 0 heterocycles. The van der Waals surface area contributed by atoms with Crippen LogP contribution >= 0.6 is 0 Å². The summed E-state index contributed by atoms with van der Waals surface area (Å²) in [6, 6.07) is 0.